The van der Waals surface area contributed by atoms with E-state index in [1.165, 1.54) is 19.2 Å². The summed E-state index contributed by atoms with van der Waals surface area (Å²) in [7, 11) is -0.772. The van der Waals surface area contributed by atoms with Crippen molar-refractivity contribution in [3.05, 3.63) is 23.8 Å². The molecule has 136 valence electrons. The normalized spacial score (nSPS) is 12.8. The first-order valence-electron chi connectivity index (χ1n) is 7.43. The number of carbonyl (C=O) groups is 1. The molecule has 0 spiro atoms. The van der Waals surface area contributed by atoms with Gasteiger partial charge in [0, 0.05) is 39.1 Å². The van der Waals surface area contributed by atoms with Crippen molar-refractivity contribution in [3.8, 4) is 0 Å². The molecule has 0 bridgehead atoms. The number of methoxy groups -OCH3 is 2. The maximum absolute atomic E-state index is 12.3. The third-order valence-corrected chi connectivity index (χ3v) is 4.73. The highest BCUT2D eigenvalue weighted by Crippen LogP contribution is 2.21. The second-order valence-corrected chi connectivity index (χ2v) is 6.98. The lowest BCUT2D eigenvalue weighted by molar-refractivity contribution is 0.0697. The Hall–Kier alpha value is -1.68. The summed E-state index contributed by atoms with van der Waals surface area (Å²) in [5.74, 6) is -1.20. The van der Waals surface area contributed by atoms with Crippen LogP contribution < -0.4 is 10.0 Å². The van der Waals surface area contributed by atoms with Gasteiger partial charge < -0.3 is 19.9 Å². The molecule has 0 radical (unpaired) electrons. The van der Waals surface area contributed by atoms with Gasteiger partial charge in [-0.1, -0.05) is 0 Å². The average Bonchev–Trinajstić information content (AvgIpc) is 2.51. The summed E-state index contributed by atoms with van der Waals surface area (Å²) in [6.45, 7) is 2.93. The predicted molar refractivity (Wildman–Crippen MR) is 90.0 cm³/mol. The first kappa shape index (κ1) is 20.4. The first-order valence-corrected chi connectivity index (χ1v) is 8.91. The Balaban J connectivity index is 2.98. The minimum Gasteiger partial charge on any atom is -0.478 e. The quantitative estimate of drug-likeness (QED) is 0.507. The molecule has 0 aliphatic heterocycles. The number of hydrogen-bond donors (Lipinski definition) is 3. The van der Waals surface area contributed by atoms with E-state index in [1.807, 2.05) is 0 Å². The number of hydrogen-bond acceptors (Lipinski definition) is 6. The van der Waals surface area contributed by atoms with Gasteiger partial charge in [-0.15, -0.1) is 0 Å². The van der Waals surface area contributed by atoms with Gasteiger partial charge in [-0.3, -0.25) is 0 Å². The zero-order valence-corrected chi connectivity index (χ0v) is 14.9. The fraction of sp³-hybridized carbons (Fsp3) is 0.533. The van der Waals surface area contributed by atoms with E-state index in [-0.39, 0.29) is 17.1 Å². The summed E-state index contributed by atoms with van der Waals surface area (Å²) < 4.78 is 36.9. The fourth-order valence-corrected chi connectivity index (χ4v) is 3.33. The SMILES string of the molecule is COCCCNc1ccc(S(=O)(=O)N[C@H](C)COC)cc1C(=O)O. The molecule has 1 aromatic rings. The van der Waals surface area contributed by atoms with E-state index in [4.69, 9.17) is 9.47 Å². The molecule has 0 fully saturated rings. The third-order valence-electron chi connectivity index (χ3n) is 3.15. The van der Waals surface area contributed by atoms with Crippen molar-refractivity contribution in [1.29, 1.82) is 0 Å². The van der Waals surface area contributed by atoms with E-state index in [2.05, 4.69) is 10.0 Å². The van der Waals surface area contributed by atoms with Crippen LogP contribution in [-0.2, 0) is 19.5 Å². The molecule has 0 saturated heterocycles. The van der Waals surface area contributed by atoms with E-state index < -0.39 is 22.0 Å². The molecule has 0 saturated carbocycles. The van der Waals surface area contributed by atoms with Crippen LogP contribution in [-0.4, -0.2) is 59.5 Å². The number of ether oxygens (including phenoxy) is 2. The number of aromatic carboxylic acids is 1. The largest absolute Gasteiger partial charge is 0.478 e. The van der Waals surface area contributed by atoms with Crippen LogP contribution in [0.1, 0.15) is 23.7 Å². The van der Waals surface area contributed by atoms with Crippen molar-refractivity contribution in [1.82, 2.24) is 4.72 Å². The van der Waals surface area contributed by atoms with Crippen LogP contribution in [0.15, 0.2) is 23.1 Å². The highest BCUT2D eigenvalue weighted by Gasteiger charge is 2.20. The van der Waals surface area contributed by atoms with E-state index >= 15 is 0 Å². The molecule has 0 aliphatic rings. The number of carboxylic acids is 1. The number of nitrogens with one attached hydrogen (secondary N) is 2. The highest BCUT2D eigenvalue weighted by molar-refractivity contribution is 7.89. The molecule has 1 rings (SSSR count). The van der Waals surface area contributed by atoms with Crippen molar-refractivity contribution in [2.24, 2.45) is 0 Å². The van der Waals surface area contributed by atoms with Gasteiger partial charge in [-0.2, -0.15) is 0 Å². The number of sulfonamides is 1. The van der Waals surface area contributed by atoms with E-state index in [0.29, 0.717) is 25.3 Å². The van der Waals surface area contributed by atoms with Crippen molar-refractivity contribution < 1.29 is 27.8 Å². The van der Waals surface area contributed by atoms with E-state index in [1.54, 1.807) is 14.0 Å². The Labute approximate surface area is 142 Å². The number of rotatable bonds is 11. The minimum absolute atomic E-state index is 0.102. The maximum atomic E-state index is 12.3. The van der Waals surface area contributed by atoms with Gasteiger partial charge in [0.25, 0.3) is 0 Å². The molecular formula is C15H24N2O6S. The van der Waals surface area contributed by atoms with Gasteiger partial charge in [-0.05, 0) is 31.5 Å². The summed E-state index contributed by atoms with van der Waals surface area (Å²) in [5, 5.41) is 12.3. The summed E-state index contributed by atoms with van der Waals surface area (Å²) in [6, 6.07) is 3.53. The van der Waals surface area contributed by atoms with Gasteiger partial charge in [0.15, 0.2) is 0 Å². The van der Waals surface area contributed by atoms with Crippen LogP contribution in [0.4, 0.5) is 5.69 Å². The highest BCUT2D eigenvalue weighted by atomic mass is 32.2. The Morgan fingerprint density at radius 3 is 2.58 bits per heavy atom. The Morgan fingerprint density at radius 2 is 2.00 bits per heavy atom. The molecule has 9 heteroatoms. The Morgan fingerprint density at radius 1 is 1.29 bits per heavy atom. The van der Waals surface area contributed by atoms with Crippen molar-refractivity contribution in [2.45, 2.75) is 24.3 Å². The van der Waals surface area contributed by atoms with Gasteiger partial charge in [0.1, 0.15) is 0 Å². The van der Waals surface area contributed by atoms with E-state index in [0.717, 1.165) is 6.07 Å². The van der Waals surface area contributed by atoms with Gasteiger partial charge in [0.2, 0.25) is 10.0 Å². The second kappa shape index (κ2) is 9.58. The van der Waals surface area contributed by atoms with Crippen molar-refractivity contribution in [3.63, 3.8) is 0 Å². The molecule has 24 heavy (non-hydrogen) atoms. The zero-order chi connectivity index (χ0) is 18.2. The molecule has 3 N–H and O–H groups in total. The second-order valence-electron chi connectivity index (χ2n) is 5.26. The Bertz CT molecular complexity index is 647. The van der Waals surface area contributed by atoms with E-state index in [9.17, 15) is 18.3 Å². The van der Waals surface area contributed by atoms with Crippen molar-refractivity contribution >= 4 is 21.7 Å². The minimum atomic E-state index is -3.82. The Kier molecular flexibility index (Phi) is 8.13. The summed E-state index contributed by atoms with van der Waals surface area (Å²) >= 11 is 0. The van der Waals surface area contributed by atoms with Crippen molar-refractivity contribution in [2.75, 3.05) is 39.3 Å². The van der Waals surface area contributed by atoms with Crippen LogP contribution >= 0.6 is 0 Å². The number of benzene rings is 1. The topological polar surface area (TPSA) is 114 Å². The van der Waals surface area contributed by atoms with Gasteiger partial charge >= 0.3 is 5.97 Å². The molecule has 0 aliphatic carbocycles. The smallest absolute Gasteiger partial charge is 0.337 e. The van der Waals surface area contributed by atoms with Gasteiger partial charge in [0.05, 0.1) is 17.1 Å². The lowest BCUT2D eigenvalue weighted by Gasteiger charge is -2.15. The van der Waals surface area contributed by atoms with Crippen LogP contribution in [0.2, 0.25) is 0 Å². The summed E-state index contributed by atoms with van der Waals surface area (Å²) in [4.78, 5) is 11.3. The molecule has 0 heterocycles. The van der Waals surface area contributed by atoms with Crippen LogP contribution in [0.5, 0.6) is 0 Å². The van der Waals surface area contributed by atoms with Crippen LogP contribution in [0, 0.1) is 0 Å². The average molecular weight is 360 g/mol. The fourth-order valence-electron chi connectivity index (χ4n) is 2.08. The third kappa shape index (κ3) is 6.08. The molecule has 0 unspecified atom stereocenters. The zero-order valence-electron chi connectivity index (χ0n) is 14.0. The van der Waals surface area contributed by atoms with Crippen LogP contribution in [0.3, 0.4) is 0 Å². The van der Waals surface area contributed by atoms with Gasteiger partial charge in [-0.25, -0.2) is 17.9 Å². The molecule has 0 amide bonds. The first-order chi connectivity index (χ1) is 11.3. The molecule has 1 aromatic carbocycles. The summed E-state index contributed by atoms with van der Waals surface area (Å²) in [6.07, 6.45) is 0.700. The maximum Gasteiger partial charge on any atom is 0.337 e. The predicted octanol–water partition coefficient (Wildman–Crippen LogP) is 1.15. The molecule has 0 aromatic heterocycles. The lowest BCUT2D eigenvalue weighted by atomic mass is 10.2. The molecule has 1 atom stereocenters. The number of carboxylic acid groups (broad SMARTS) is 1. The molecular weight excluding hydrogens is 336 g/mol. The lowest BCUT2D eigenvalue weighted by Crippen LogP contribution is -2.35. The monoisotopic (exact) mass is 360 g/mol. The molecule has 8 nitrogen and oxygen atoms in total. The summed E-state index contributed by atoms with van der Waals surface area (Å²) in [5.41, 5.74) is 0.261. The van der Waals surface area contributed by atoms with Crippen LogP contribution in [0.25, 0.3) is 0 Å². The standard InChI is InChI=1S/C15H24N2O6S/c1-11(10-23-3)17-24(20,21)12-5-6-14(13(9-12)15(18)19)16-7-4-8-22-2/h5-6,9,11,16-17H,4,7-8,10H2,1-3H3,(H,18,19)/t11-/m1/s1. The number of anilines is 1.